The van der Waals surface area contributed by atoms with Crippen molar-refractivity contribution in [3.8, 4) is 0 Å². The van der Waals surface area contributed by atoms with Crippen molar-refractivity contribution in [3.63, 3.8) is 0 Å². The number of rotatable bonds is 1. The molecule has 1 atom stereocenters. The van der Waals surface area contributed by atoms with Gasteiger partial charge < -0.3 is 5.32 Å². The van der Waals surface area contributed by atoms with Gasteiger partial charge in [0.1, 0.15) is 5.54 Å². The highest BCUT2D eigenvalue weighted by molar-refractivity contribution is 6.06. The first kappa shape index (κ1) is 9.49. The van der Waals surface area contributed by atoms with Crippen molar-refractivity contribution in [1.82, 2.24) is 10.6 Å². The summed E-state index contributed by atoms with van der Waals surface area (Å²) < 4.78 is 0. The van der Waals surface area contributed by atoms with Crippen LogP contribution in [0.4, 0.5) is 4.79 Å². The van der Waals surface area contributed by atoms with E-state index in [0.29, 0.717) is 5.92 Å². The Morgan fingerprint density at radius 2 is 1.86 bits per heavy atom. The second-order valence-corrected chi connectivity index (χ2v) is 4.45. The Bertz CT molecular complexity index is 271. The van der Waals surface area contributed by atoms with Gasteiger partial charge in [-0.15, -0.1) is 0 Å². The fraction of sp³-hybridized carbons (Fsp3) is 0.800. The first-order valence-corrected chi connectivity index (χ1v) is 5.26. The second kappa shape index (κ2) is 3.26. The third-order valence-electron chi connectivity index (χ3n) is 3.49. The van der Waals surface area contributed by atoms with Gasteiger partial charge in [-0.1, -0.05) is 19.3 Å². The number of imide groups is 1. The second-order valence-electron chi connectivity index (χ2n) is 4.45. The standard InChI is InChI=1S/C10H16N2O2/c1-10(7-5-3-2-4-6-7)8(13)11-9(14)12-10/h7H,2-6H2,1H3,(H2,11,12,13,14)/t10-/m1/s1. The molecule has 14 heavy (non-hydrogen) atoms. The van der Waals surface area contributed by atoms with Crippen molar-refractivity contribution in [2.75, 3.05) is 0 Å². The number of carbonyl (C=O) groups excluding carboxylic acids is 2. The molecule has 0 aromatic heterocycles. The molecule has 0 aromatic rings. The van der Waals surface area contributed by atoms with E-state index in [1.54, 1.807) is 0 Å². The lowest BCUT2D eigenvalue weighted by Crippen LogP contribution is -2.50. The molecule has 2 N–H and O–H groups in total. The maximum Gasteiger partial charge on any atom is 0.322 e. The average Bonchev–Trinajstić information content (AvgIpc) is 2.43. The van der Waals surface area contributed by atoms with Gasteiger partial charge in [0.05, 0.1) is 0 Å². The van der Waals surface area contributed by atoms with Crippen LogP contribution in [0.25, 0.3) is 0 Å². The van der Waals surface area contributed by atoms with Gasteiger partial charge in [-0.2, -0.15) is 0 Å². The molecule has 3 amide bonds. The fourth-order valence-corrected chi connectivity index (χ4v) is 2.52. The van der Waals surface area contributed by atoms with Crippen molar-refractivity contribution < 1.29 is 9.59 Å². The molecule has 1 saturated heterocycles. The number of carbonyl (C=O) groups is 2. The Labute approximate surface area is 83.4 Å². The van der Waals surface area contributed by atoms with Crippen LogP contribution in [-0.4, -0.2) is 17.5 Å². The number of urea groups is 1. The summed E-state index contributed by atoms with van der Waals surface area (Å²) in [5.41, 5.74) is -0.655. The minimum absolute atomic E-state index is 0.158. The van der Waals surface area contributed by atoms with Crippen LogP contribution in [-0.2, 0) is 4.79 Å². The van der Waals surface area contributed by atoms with Gasteiger partial charge in [-0.25, -0.2) is 4.79 Å². The van der Waals surface area contributed by atoms with E-state index < -0.39 is 5.54 Å². The van der Waals surface area contributed by atoms with E-state index in [9.17, 15) is 9.59 Å². The molecule has 1 saturated carbocycles. The van der Waals surface area contributed by atoms with Gasteiger partial charge in [0.15, 0.2) is 0 Å². The van der Waals surface area contributed by atoms with Gasteiger partial charge in [-0.05, 0) is 25.7 Å². The molecule has 4 nitrogen and oxygen atoms in total. The molecule has 78 valence electrons. The van der Waals surface area contributed by atoms with Gasteiger partial charge in [0.2, 0.25) is 0 Å². The zero-order chi connectivity index (χ0) is 10.2. The highest BCUT2D eigenvalue weighted by atomic mass is 16.2. The van der Waals surface area contributed by atoms with Crippen molar-refractivity contribution >= 4 is 11.9 Å². The Morgan fingerprint density at radius 3 is 2.36 bits per heavy atom. The molecule has 1 aliphatic heterocycles. The van der Waals surface area contributed by atoms with E-state index in [2.05, 4.69) is 10.6 Å². The first-order valence-electron chi connectivity index (χ1n) is 5.26. The summed E-state index contributed by atoms with van der Waals surface area (Å²) in [7, 11) is 0. The van der Waals surface area contributed by atoms with E-state index in [1.165, 1.54) is 19.3 Å². The predicted octanol–water partition coefficient (Wildman–Crippen LogP) is 1.16. The van der Waals surface area contributed by atoms with Crippen LogP contribution < -0.4 is 10.6 Å². The Hall–Kier alpha value is -1.06. The molecule has 1 aliphatic carbocycles. The van der Waals surface area contributed by atoms with Crippen LogP contribution in [0.3, 0.4) is 0 Å². The van der Waals surface area contributed by atoms with E-state index in [0.717, 1.165) is 12.8 Å². The largest absolute Gasteiger partial charge is 0.323 e. The average molecular weight is 196 g/mol. The van der Waals surface area contributed by atoms with Crippen LogP contribution in [0.1, 0.15) is 39.0 Å². The topological polar surface area (TPSA) is 58.2 Å². The molecule has 2 aliphatic rings. The summed E-state index contributed by atoms with van der Waals surface area (Å²) in [6.07, 6.45) is 5.68. The SMILES string of the molecule is C[C@]1(C2CCCCC2)NC(=O)NC1=O. The molecule has 0 unspecified atom stereocenters. The third kappa shape index (κ3) is 1.38. The summed E-state index contributed by atoms with van der Waals surface area (Å²) in [6.45, 7) is 1.84. The number of amides is 3. The summed E-state index contributed by atoms with van der Waals surface area (Å²) in [6, 6.07) is -0.344. The minimum atomic E-state index is -0.655. The van der Waals surface area contributed by atoms with Gasteiger partial charge in [0.25, 0.3) is 5.91 Å². The molecule has 0 spiro atoms. The maximum atomic E-state index is 11.6. The summed E-state index contributed by atoms with van der Waals surface area (Å²) >= 11 is 0. The highest BCUT2D eigenvalue weighted by Crippen LogP contribution is 2.34. The number of nitrogens with one attached hydrogen (secondary N) is 2. The summed E-state index contributed by atoms with van der Waals surface area (Å²) in [5, 5.41) is 5.07. The zero-order valence-corrected chi connectivity index (χ0v) is 8.43. The van der Waals surface area contributed by atoms with Crippen molar-refractivity contribution in [2.45, 2.75) is 44.6 Å². The lowest BCUT2D eigenvalue weighted by Gasteiger charge is -2.33. The molecule has 1 heterocycles. The van der Waals surface area contributed by atoms with Crippen LogP contribution in [0.15, 0.2) is 0 Å². The van der Waals surface area contributed by atoms with Crippen molar-refractivity contribution in [2.24, 2.45) is 5.92 Å². The highest BCUT2D eigenvalue weighted by Gasteiger charge is 2.47. The predicted molar refractivity (Wildman–Crippen MR) is 51.7 cm³/mol. The van der Waals surface area contributed by atoms with E-state index in [1.807, 2.05) is 6.92 Å². The van der Waals surface area contributed by atoms with Gasteiger partial charge in [0, 0.05) is 0 Å². The third-order valence-corrected chi connectivity index (χ3v) is 3.49. The molecular formula is C10H16N2O2. The number of hydrogen-bond acceptors (Lipinski definition) is 2. The van der Waals surface area contributed by atoms with Crippen molar-refractivity contribution in [3.05, 3.63) is 0 Å². The lowest BCUT2D eigenvalue weighted by molar-refractivity contribution is -0.125. The van der Waals surface area contributed by atoms with E-state index >= 15 is 0 Å². The van der Waals surface area contributed by atoms with Crippen LogP contribution in [0, 0.1) is 5.92 Å². The quantitative estimate of drug-likeness (QED) is 0.618. The molecule has 2 rings (SSSR count). The molecule has 0 radical (unpaired) electrons. The fourth-order valence-electron chi connectivity index (χ4n) is 2.52. The van der Waals surface area contributed by atoms with Gasteiger partial charge in [-0.3, -0.25) is 10.1 Å². The minimum Gasteiger partial charge on any atom is -0.323 e. The monoisotopic (exact) mass is 196 g/mol. The zero-order valence-electron chi connectivity index (χ0n) is 8.43. The molecule has 2 fully saturated rings. The maximum absolute atomic E-state index is 11.6. The summed E-state index contributed by atoms with van der Waals surface area (Å²) in [4.78, 5) is 22.7. The van der Waals surface area contributed by atoms with Gasteiger partial charge >= 0.3 is 6.03 Å². The van der Waals surface area contributed by atoms with Crippen molar-refractivity contribution in [1.29, 1.82) is 0 Å². The van der Waals surface area contributed by atoms with E-state index in [-0.39, 0.29) is 11.9 Å². The molecular weight excluding hydrogens is 180 g/mol. The Balaban J connectivity index is 2.14. The Morgan fingerprint density at radius 1 is 1.21 bits per heavy atom. The smallest absolute Gasteiger partial charge is 0.322 e. The van der Waals surface area contributed by atoms with Crippen LogP contribution in [0.5, 0.6) is 0 Å². The first-order chi connectivity index (χ1) is 6.63. The van der Waals surface area contributed by atoms with E-state index in [4.69, 9.17) is 0 Å². The normalized spacial score (nSPS) is 34.1. The summed E-state index contributed by atoms with van der Waals surface area (Å²) in [5.74, 6) is 0.150. The molecule has 4 heteroatoms. The Kier molecular flexibility index (Phi) is 2.21. The molecule has 0 aromatic carbocycles. The van der Waals surface area contributed by atoms with Crippen LogP contribution >= 0.6 is 0 Å². The van der Waals surface area contributed by atoms with Crippen LogP contribution in [0.2, 0.25) is 0 Å². The number of hydrogen-bond donors (Lipinski definition) is 2. The molecule has 0 bridgehead atoms. The lowest BCUT2D eigenvalue weighted by atomic mass is 9.76.